The van der Waals surface area contributed by atoms with E-state index >= 15 is 0 Å². The van der Waals surface area contributed by atoms with Crippen LogP contribution in [0.15, 0.2) is 22.8 Å². The molecule has 0 N–H and O–H groups in total. The molecule has 6 fully saturated rings. The van der Waals surface area contributed by atoms with Crippen molar-refractivity contribution in [3.8, 4) is 5.75 Å². The summed E-state index contributed by atoms with van der Waals surface area (Å²) in [5.74, 6) is 1.09. The average Bonchev–Trinajstić information content (AvgIpc) is 3.26. The fourth-order valence-corrected chi connectivity index (χ4v) is 11.9. The van der Waals surface area contributed by atoms with E-state index in [1.165, 1.54) is 12.0 Å². The highest BCUT2D eigenvalue weighted by Gasteiger charge is 2.60. The summed E-state index contributed by atoms with van der Waals surface area (Å²) in [6, 6.07) is 5.91. The zero-order chi connectivity index (χ0) is 29.4. The first kappa shape index (κ1) is 28.7. The molecule has 1 aromatic carbocycles. The Kier molecular flexibility index (Phi) is 6.98. The standard InChI is InChI=1S/C32H38F3NO5S/c1-30-9-8-24-23-5-3-22(15-19(23)2-4-25(24)26(30)6-7-27(30)41-29(38)32(33,34)35)40-28(37)16-31(42-36-39)20-11-17-10-18(13-20)14-21(31)12-17/h3,5,15,17-18,20-21,24-27H,2,4,6-14,16H2,1H3/t17?,18?,20?,21?,24-,25-,26+,27+,30+,31?/m1/s1. The number of carbonyl (C=O) groups is 2. The fourth-order valence-electron chi connectivity index (χ4n) is 10.9. The van der Waals surface area contributed by atoms with Crippen molar-refractivity contribution in [3.05, 3.63) is 34.2 Å². The van der Waals surface area contributed by atoms with E-state index in [0.717, 1.165) is 80.7 Å². The molecule has 8 rings (SSSR count). The quantitative estimate of drug-likeness (QED) is 0.142. The van der Waals surface area contributed by atoms with Crippen molar-refractivity contribution in [1.82, 2.24) is 0 Å². The van der Waals surface area contributed by atoms with Crippen molar-refractivity contribution in [1.29, 1.82) is 0 Å². The number of hydrogen-bond donors (Lipinski definition) is 0. The van der Waals surface area contributed by atoms with Crippen LogP contribution in [-0.2, 0) is 20.7 Å². The highest BCUT2D eigenvalue weighted by molar-refractivity contribution is 7.99. The number of alkyl halides is 3. The second-order valence-corrected chi connectivity index (χ2v) is 15.5. The first-order valence-corrected chi connectivity index (χ1v) is 16.4. The number of aryl methyl sites for hydroxylation is 1. The Balaban J connectivity index is 1.03. The van der Waals surface area contributed by atoms with Crippen LogP contribution in [0.1, 0.15) is 94.6 Å². The predicted octanol–water partition coefficient (Wildman–Crippen LogP) is 7.92. The van der Waals surface area contributed by atoms with E-state index in [1.54, 1.807) is 0 Å². The second kappa shape index (κ2) is 10.2. The number of nitroso groups, excluding NO2 is 1. The summed E-state index contributed by atoms with van der Waals surface area (Å²) in [6.45, 7) is 2.00. The van der Waals surface area contributed by atoms with Crippen molar-refractivity contribution in [2.24, 2.45) is 45.5 Å². The van der Waals surface area contributed by atoms with E-state index in [-0.39, 0.29) is 18.3 Å². The lowest BCUT2D eigenvalue weighted by Crippen LogP contribution is -2.56. The molecule has 0 saturated heterocycles. The Labute approximate surface area is 248 Å². The number of halogens is 3. The molecule has 4 bridgehead atoms. The first-order valence-electron chi connectivity index (χ1n) is 15.6. The Bertz CT molecular complexity index is 1260. The molecule has 7 aliphatic rings. The smallest absolute Gasteiger partial charge is 0.455 e. The molecule has 7 aliphatic carbocycles. The molecule has 6 saturated carbocycles. The lowest BCUT2D eigenvalue weighted by molar-refractivity contribution is -0.211. The van der Waals surface area contributed by atoms with Gasteiger partial charge in [-0.2, -0.15) is 13.2 Å². The summed E-state index contributed by atoms with van der Waals surface area (Å²) in [4.78, 5) is 36.4. The number of rotatable bonds is 6. The summed E-state index contributed by atoms with van der Waals surface area (Å²) in [5.41, 5.74) is 1.95. The van der Waals surface area contributed by atoms with Crippen LogP contribution in [0.25, 0.3) is 0 Å². The molecule has 10 heteroatoms. The molecule has 0 amide bonds. The van der Waals surface area contributed by atoms with Crippen molar-refractivity contribution < 1.29 is 32.2 Å². The van der Waals surface area contributed by atoms with Gasteiger partial charge in [-0.05, 0) is 135 Å². The van der Waals surface area contributed by atoms with E-state index in [2.05, 4.69) is 10.6 Å². The van der Waals surface area contributed by atoms with Gasteiger partial charge in [0, 0.05) is 21.9 Å². The van der Waals surface area contributed by atoms with Crippen LogP contribution >= 0.6 is 11.9 Å². The molecule has 228 valence electrons. The van der Waals surface area contributed by atoms with Gasteiger partial charge < -0.3 is 9.47 Å². The van der Waals surface area contributed by atoms with Gasteiger partial charge in [0.25, 0.3) is 0 Å². The van der Waals surface area contributed by atoms with Gasteiger partial charge in [0.15, 0.2) is 0 Å². The van der Waals surface area contributed by atoms with Gasteiger partial charge in [0.2, 0.25) is 0 Å². The molecule has 0 aromatic heterocycles. The monoisotopic (exact) mass is 605 g/mol. The molecule has 6 nitrogen and oxygen atoms in total. The molecule has 5 atom stereocenters. The Morgan fingerprint density at radius 1 is 1.02 bits per heavy atom. The highest BCUT2D eigenvalue weighted by Crippen LogP contribution is 2.65. The predicted molar refractivity (Wildman–Crippen MR) is 150 cm³/mol. The largest absolute Gasteiger partial charge is 0.490 e. The van der Waals surface area contributed by atoms with E-state index in [9.17, 15) is 27.7 Å². The summed E-state index contributed by atoms with van der Waals surface area (Å²) in [6.07, 6.45) is 4.62. The average molecular weight is 606 g/mol. The molecule has 1 aromatic rings. The molecule has 0 radical (unpaired) electrons. The van der Waals surface area contributed by atoms with E-state index in [0.29, 0.717) is 42.3 Å². The Morgan fingerprint density at radius 2 is 1.74 bits per heavy atom. The van der Waals surface area contributed by atoms with Crippen molar-refractivity contribution >= 4 is 23.9 Å². The minimum absolute atomic E-state index is 0.203. The van der Waals surface area contributed by atoms with Gasteiger partial charge in [-0.15, -0.1) is 4.91 Å². The van der Waals surface area contributed by atoms with Crippen LogP contribution in [0.3, 0.4) is 0 Å². The molecule has 0 heterocycles. The van der Waals surface area contributed by atoms with Crippen LogP contribution in [-0.4, -0.2) is 29.0 Å². The van der Waals surface area contributed by atoms with Crippen molar-refractivity contribution in [2.45, 2.75) is 107 Å². The van der Waals surface area contributed by atoms with Gasteiger partial charge in [0.05, 0.1) is 11.2 Å². The summed E-state index contributed by atoms with van der Waals surface area (Å²) < 4.78 is 52.5. The van der Waals surface area contributed by atoms with Gasteiger partial charge in [-0.25, -0.2) is 4.79 Å². The maximum absolute atomic E-state index is 13.3. The Morgan fingerprint density at radius 3 is 2.40 bits per heavy atom. The SMILES string of the molecule is C[C@]12CC[C@@H]3c4ccc(OC(=O)CC5(SN=O)C6CC7CC(C6)CC5C7)cc4CC[C@H]3[C@@H]1CC[C@@H]2OC(=O)C(F)(F)F. The fraction of sp³-hybridized carbons (Fsp3) is 0.750. The number of carbonyl (C=O) groups excluding carboxylic acids is 2. The van der Waals surface area contributed by atoms with Gasteiger partial charge in [-0.1, -0.05) is 13.0 Å². The van der Waals surface area contributed by atoms with Crippen LogP contribution in [0, 0.1) is 45.8 Å². The maximum atomic E-state index is 13.3. The molecule has 0 spiro atoms. The van der Waals surface area contributed by atoms with Crippen molar-refractivity contribution in [3.63, 3.8) is 0 Å². The number of benzene rings is 1. The van der Waals surface area contributed by atoms with Gasteiger partial charge in [-0.3, -0.25) is 4.79 Å². The number of fused-ring (bicyclic) bond motifs is 5. The topological polar surface area (TPSA) is 82.0 Å². The third-order valence-corrected chi connectivity index (χ3v) is 13.7. The summed E-state index contributed by atoms with van der Waals surface area (Å²) >= 11 is 1.09. The second-order valence-electron chi connectivity index (χ2n) is 14.4. The van der Waals surface area contributed by atoms with Crippen LogP contribution in [0.5, 0.6) is 5.75 Å². The third-order valence-electron chi connectivity index (χ3n) is 12.5. The molecule has 0 aliphatic heterocycles. The van der Waals surface area contributed by atoms with E-state index < -0.39 is 28.4 Å². The van der Waals surface area contributed by atoms with Crippen molar-refractivity contribution in [2.75, 3.05) is 0 Å². The molecular formula is C32H38F3NO5S. The lowest BCUT2D eigenvalue weighted by atomic mass is 9.51. The van der Waals surface area contributed by atoms with Gasteiger partial charge >= 0.3 is 18.1 Å². The molecule has 42 heavy (non-hydrogen) atoms. The van der Waals surface area contributed by atoms with E-state index in [4.69, 9.17) is 9.47 Å². The maximum Gasteiger partial charge on any atom is 0.490 e. The summed E-state index contributed by atoms with van der Waals surface area (Å²) in [7, 11) is 0. The van der Waals surface area contributed by atoms with Crippen LogP contribution in [0.4, 0.5) is 13.2 Å². The number of nitrogens with zero attached hydrogens (tertiary/aromatic N) is 1. The lowest BCUT2D eigenvalue weighted by Gasteiger charge is -2.59. The normalized spacial score (nSPS) is 41.4. The van der Waals surface area contributed by atoms with Crippen LogP contribution < -0.4 is 4.74 Å². The van der Waals surface area contributed by atoms with E-state index in [1.807, 2.05) is 19.1 Å². The Hall–Kier alpha value is -2.10. The molecule has 0 unspecified atom stereocenters. The summed E-state index contributed by atoms with van der Waals surface area (Å²) in [5, 5.41) is 0. The third kappa shape index (κ3) is 4.60. The van der Waals surface area contributed by atoms with Gasteiger partial charge in [0.1, 0.15) is 11.9 Å². The number of esters is 2. The number of hydrogen-bond acceptors (Lipinski definition) is 7. The molecular weight excluding hydrogens is 567 g/mol. The number of ether oxygens (including phenoxy) is 2. The minimum atomic E-state index is -4.98. The van der Waals surface area contributed by atoms with Crippen LogP contribution in [0.2, 0.25) is 0 Å². The zero-order valence-corrected chi connectivity index (χ0v) is 24.7. The minimum Gasteiger partial charge on any atom is -0.455 e. The first-order chi connectivity index (χ1) is 20.0. The zero-order valence-electron chi connectivity index (χ0n) is 23.9. The highest BCUT2D eigenvalue weighted by atomic mass is 32.2.